The van der Waals surface area contributed by atoms with E-state index in [1.807, 2.05) is 24.4 Å². The topological polar surface area (TPSA) is 44.6 Å². The van der Waals surface area contributed by atoms with Crippen molar-refractivity contribution in [2.75, 3.05) is 31.6 Å². The van der Waals surface area contributed by atoms with Crippen molar-refractivity contribution in [3.63, 3.8) is 0 Å². The molecular weight excluding hydrogens is 413 g/mol. The highest BCUT2D eigenvalue weighted by atomic mass is 35.5. The van der Waals surface area contributed by atoms with E-state index in [2.05, 4.69) is 32.9 Å². The maximum absolute atomic E-state index is 14.5. The fourth-order valence-corrected chi connectivity index (χ4v) is 5.20. The van der Waals surface area contributed by atoms with Crippen molar-refractivity contribution >= 4 is 39.6 Å². The highest BCUT2D eigenvalue weighted by molar-refractivity contribution is 6.35. The van der Waals surface area contributed by atoms with Gasteiger partial charge in [-0.25, -0.2) is 9.37 Å². The fourth-order valence-electron chi connectivity index (χ4n) is 5.03. The van der Waals surface area contributed by atoms with E-state index in [1.165, 1.54) is 12.5 Å². The lowest BCUT2D eigenvalue weighted by molar-refractivity contribution is 0.292. The Bertz CT molecular complexity index is 1270. The number of aliphatic imine (C=N–C) groups is 1. The second-order valence-electron chi connectivity index (χ2n) is 8.49. The van der Waals surface area contributed by atoms with Gasteiger partial charge in [-0.05, 0) is 49.9 Å². The molecule has 3 aliphatic rings. The number of hydrogen-bond acceptors (Lipinski definition) is 5. The van der Waals surface area contributed by atoms with E-state index in [-0.39, 0.29) is 5.82 Å². The van der Waals surface area contributed by atoms with Gasteiger partial charge < -0.3 is 4.90 Å². The summed E-state index contributed by atoms with van der Waals surface area (Å²) in [5, 5.41) is 0.483. The van der Waals surface area contributed by atoms with E-state index >= 15 is 0 Å². The second kappa shape index (κ2) is 7.11. The number of aromatic nitrogens is 2. The number of fused-ring (bicyclic) bond motifs is 3. The zero-order valence-electron chi connectivity index (χ0n) is 17.1. The van der Waals surface area contributed by atoms with Gasteiger partial charge in [0.05, 0.1) is 40.9 Å². The Morgan fingerprint density at radius 3 is 2.77 bits per heavy atom. The molecule has 2 atom stereocenters. The molecule has 0 unspecified atom stereocenters. The average molecular weight is 434 g/mol. The maximum Gasteiger partial charge on any atom is 0.132 e. The zero-order valence-corrected chi connectivity index (χ0v) is 17.8. The molecule has 2 saturated heterocycles. The van der Waals surface area contributed by atoms with E-state index in [0.717, 1.165) is 41.1 Å². The molecule has 3 aliphatic heterocycles. The molecule has 156 valence electrons. The highest BCUT2D eigenvalue weighted by Gasteiger charge is 2.41. The summed E-state index contributed by atoms with van der Waals surface area (Å²) in [5.41, 5.74) is 5.40. The molecular formula is C24H21ClFN5. The third kappa shape index (κ3) is 3.13. The van der Waals surface area contributed by atoms with E-state index in [9.17, 15) is 4.39 Å². The number of likely N-dealkylation sites (tertiary alicyclic amines) is 1. The van der Waals surface area contributed by atoms with E-state index in [1.54, 1.807) is 12.1 Å². The molecule has 6 rings (SSSR count). The molecule has 0 N–H and O–H groups in total. The number of rotatable bonds is 3. The van der Waals surface area contributed by atoms with Crippen LogP contribution < -0.4 is 4.90 Å². The van der Waals surface area contributed by atoms with Crippen molar-refractivity contribution < 1.29 is 4.39 Å². The number of piperazine rings is 1. The highest BCUT2D eigenvalue weighted by Crippen LogP contribution is 2.34. The van der Waals surface area contributed by atoms with Crippen LogP contribution in [-0.4, -0.2) is 59.3 Å². The summed E-state index contributed by atoms with van der Waals surface area (Å²) in [6.45, 7) is 2.62. The number of likely N-dealkylation sites (N-methyl/N-ethyl adjacent to an activating group) is 1. The standard InChI is InChI=1S/C24H21ClFN5/c1-30-12-17-9-16(30)13-31(17)15-10-23-22(28-11-15)5-4-21(29-23)18-6-7-27-24(18)19-8-14(25)2-3-20(19)26/h2-6,8,10-11,16-17H,7,9,12-13H2,1H3/t16-,17-/m1/s1. The lowest BCUT2D eigenvalue weighted by Crippen LogP contribution is -2.44. The Morgan fingerprint density at radius 1 is 1.06 bits per heavy atom. The van der Waals surface area contributed by atoms with Crippen molar-refractivity contribution in [1.29, 1.82) is 0 Å². The first-order valence-corrected chi connectivity index (χ1v) is 10.9. The van der Waals surface area contributed by atoms with Gasteiger partial charge in [0.1, 0.15) is 5.82 Å². The van der Waals surface area contributed by atoms with Gasteiger partial charge in [-0.1, -0.05) is 17.7 Å². The monoisotopic (exact) mass is 433 g/mol. The number of pyridine rings is 2. The maximum atomic E-state index is 14.5. The normalized spacial score (nSPS) is 23.0. The second-order valence-corrected chi connectivity index (χ2v) is 8.93. The summed E-state index contributed by atoms with van der Waals surface area (Å²) in [7, 11) is 2.20. The molecule has 0 spiro atoms. The number of anilines is 1. The van der Waals surface area contributed by atoms with Crippen LogP contribution in [0.2, 0.25) is 5.02 Å². The van der Waals surface area contributed by atoms with E-state index < -0.39 is 0 Å². The summed E-state index contributed by atoms with van der Waals surface area (Å²) >= 11 is 6.11. The molecule has 0 saturated carbocycles. The van der Waals surface area contributed by atoms with Crippen LogP contribution in [0.3, 0.4) is 0 Å². The Labute approximate surface area is 184 Å². The first-order chi connectivity index (χ1) is 15.1. The summed E-state index contributed by atoms with van der Waals surface area (Å²) in [6.07, 6.45) is 5.14. The van der Waals surface area contributed by atoms with Crippen molar-refractivity contribution in [3.05, 3.63) is 70.8 Å². The summed E-state index contributed by atoms with van der Waals surface area (Å²) in [6, 6.07) is 11.7. The summed E-state index contributed by atoms with van der Waals surface area (Å²) in [4.78, 5) is 19.0. The van der Waals surface area contributed by atoms with Gasteiger partial charge in [-0.15, -0.1) is 0 Å². The minimum atomic E-state index is -0.338. The molecule has 31 heavy (non-hydrogen) atoms. The average Bonchev–Trinajstić information content (AvgIpc) is 3.50. The molecule has 0 amide bonds. The summed E-state index contributed by atoms with van der Waals surface area (Å²) in [5.74, 6) is -0.338. The van der Waals surface area contributed by atoms with Crippen LogP contribution in [0, 0.1) is 5.82 Å². The van der Waals surface area contributed by atoms with Crippen LogP contribution in [0.4, 0.5) is 10.1 Å². The molecule has 1 aromatic carbocycles. The van der Waals surface area contributed by atoms with Gasteiger partial charge in [-0.2, -0.15) is 0 Å². The quantitative estimate of drug-likeness (QED) is 0.621. The first kappa shape index (κ1) is 18.9. The third-order valence-electron chi connectivity index (χ3n) is 6.63. The smallest absolute Gasteiger partial charge is 0.132 e. The van der Waals surface area contributed by atoms with Gasteiger partial charge in [-0.3, -0.25) is 14.9 Å². The molecule has 3 aromatic rings. The SMILES string of the molecule is CN1C[C@H]2C[C@@H]1CN2c1cnc2ccc(C3=CCN=C3c3cc(Cl)ccc3F)nc2c1. The minimum absolute atomic E-state index is 0.338. The number of nitrogens with zero attached hydrogens (tertiary/aromatic N) is 5. The van der Waals surface area contributed by atoms with Gasteiger partial charge >= 0.3 is 0 Å². The van der Waals surface area contributed by atoms with E-state index in [0.29, 0.717) is 34.9 Å². The molecule has 5 heterocycles. The summed E-state index contributed by atoms with van der Waals surface area (Å²) < 4.78 is 14.5. The van der Waals surface area contributed by atoms with Gasteiger partial charge in [0.25, 0.3) is 0 Å². The lowest BCUT2D eigenvalue weighted by atomic mass is 9.99. The number of halogens is 2. The van der Waals surface area contributed by atoms with Crippen LogP contribution in [0.15, 0.2) is 53.7 Å². The van der Waals surface area contributed by atoms with Crippen LogP contribution >= 0.6 is 11.6 Å². The Kier molecular flexibility index (Phi) is 4.33. The lowest BCUT2D eigenvalue weighted by Gasteiger charge is -2.33. The van der Waals surface area contributed by atoms with Gasteiger partial charge in [0.2, 0.25) is 0 Å². The Hall–Kier alpha value is -2.83. The van der Waals surface area contributed by atoms with Crippen LogP contribution in [0.5, 0.6) is 0 Å². The fraction of sp³-hybridized carbons (Fsp3) is 0.292. The van der Waals surface area contributed by atoms with Crippen LogP contribution in [0.1, 0.15) is 17.7 Å². The molecule has 2 fully saturated rings. The Balaban J connectivity index is 1.36. The largest absolute Gasteiger partial charge is 0.364 e. The molecule has 2 aromatic heterocycles. The molecule has 0 aliphatic carbocycles. The van der Waals surface area contributed by atoms with E-state index in [4.69, 9.17) is 16.6 Å². The molecule has 7 heteroatoms. The minimum Gasteiger partial charge on any atom is -0.364 e. The number of hydrogen-bond donors (Lipinski definition) is 0. The predicted octanol–water partition coefficient (Wildman–Crippen LogP) is 4.20. The Morgan fingerprint density at radius 2 is 1.97 bits per heavy atom. The van der Waals surface area contributed by atoms with Gasteiger partial charge in [0, 0.05) is 41.3 Å². The molecule has 2 bridgehead atoms. The predicted molar refractivity (Wildman–Crippen MR) is 122 cm³/mol. The number of allylic oxidation sites excluding steroid dienone is 1. The molecule has 0 radical (unpaired) electrons. The van der Waals surface area contributed by atoms with Crippen LogP contribution in [0.25, 0.3) is 16.6 Å². The van der Waals surface area contributed by atoms with Crippen molar-refractivity contribution in [3.8, 4) is 0 Å². The van der Waals surface area contributed by atoms with Crippen LogP contribution in [-0.2, 0) is 0 Å². The van der Waals surface area contributed by atoms with Crippen molar-refractivity contribution in [1.82, 2.24) is 14.9 Å². The number of benzene rings is 1. The molecule has 5 nitrogen and oxygen atoms in total. The van der Waals surface area contributed by atoms with Crippen molar-refractivity contribution in [2.24, 2.45) is 4.99 Å². The van der Waals surface area contributed by atoms with Crippen molar-refractivity contribution in [2.45, 2.75) is 18.5 Å². The third-order valence-corrected chi connectivity index (χ3v) is 6.86. The van der Waals surface area contributed by atoms with Gasteiger partial charge in [0.15, 0.2) is 0 Å². The zero-order chi connectivity index (χ0) is 21.1. The first-order valence-electron chi connectivity index (χ1n) is 10.5.